The second-order valence-electron chi connectivity index (χ2n) is 6.75. The molecule has 3 rings (SSSR count). The van der Waals surface area contributed by atoms with Gasteiger partial charge < -0.3 is 14.7 Å². The zero-order chi connectivity index (χ0) is 16.8. The van der Waals surface area contributed by atoms with Gasteiger partial charge in [-0.15, -0.1) is 0 Å². The fourth-order valence-corrected chi connectivity index (χ4v) is 3.71. The van der Waals surface area contributed by atoms with Crippen LogP contribution in [0.2, 0.25) is 0 Å². The highest BCUT2D eigenvalue weighted by Gasteiger charge is 2.28. The minimum Gasteiger partial charge on any atom is -0.497 e. The largest absolute Gasteiger partial charge is 0.497 e. The van der Waals surface area contributed by atoms with Crippen molar-refractivity contribution in [2.45, 2.75) is 31.3 Å². The van der Waals surface area contributed by atoms with E-state index in [9.17, 15) is 5.11 Å². The number of nitrogens with one attached hydrogen (secondary N) is 1. The molecule has 2 aromatic rings. The quantitative estimate of drug-likeness (QED) is 0.855. The summed E-state index contributed by atoms with van der Waals surface area (Å²) in [5.41, 5.74) is 2.18. The Bertz CT molecular complexity index is 605. The molecule has 1 saturated heterocycles. The van der Waals surface area contributed by atoms with Crippen molar-refractivity contribution in [2.75, 3.05) is 26.7 Å². The van der Waals surface area contributed by atoms with E-state index in [2.05, 4.69) is 24.3 Å². The summed E-state index contributed by atoms with van der Waals surface area (Å²) in [7, 11) is 1.66. The maximum atomic E-state index is 11.1. The molecule has 3 nitrogen and oxygen atoms in total. The summed E-state index contributed by atoms with van der Waals surface area (Å²) in [5.74, 6) is 0.941. The van der Waals surface area contributed by atoms with Crippen LogP contribution in [-0.4, -0.2) is 31.9 Å². The summed E-state index contributed by atoms with van der Waals surface area (Å²) in [4.78, 5) is 1.61. The Balaban J connectivity index is 1.82. The standard InChI is InChI=1S/C21H27NO2/c1-24-19-12-10-18(11-13-19)21(23)20(17-8-4-2-5-9-17)16-22-14-6-3-7-15-22/h2,4-5,8-13,20-21,23H,3,6-7,14-16H2,1H3/p+1/t20-,21-/m1/s1. The van der Waals surface area contributed by atoms with Crippen molar-refractivity contribution < 1.29 is 14.7 Å². The number of ether oxygens (including phenoxy) is 1. The molecule has 3 heteroatoms. The highest BCUT2D eigenvalue weighted by Crippen LogP contribution is 2.31. The number of likely N-dealkylation sites (tertiary alicyclic amines) is 1. The Morgan fingerprint density at radius 3 is 2.21 bits per heavy atom. The lowest BCUT2D eigenvalue weighted by molar-refractivity contribution is -0.906. The highest BCUT2D eigenvalue weighted by molar-refractivity contribution is 5.31. The van der Waals surface area contributed by atoms with Gasteiger partial charge in [0.15, 0.2) is 0 Å². The third-order valence-electron chi connectivity index (χ3n) is 5.14. The number of aliphatic hydroxyl groups is 1. The van der Waals surface area contributed by atoms with Crippen molar-refractivity contribution in [3.8, 4) is 5.75 Å². The minimum atomic E-state index is -0.493. The first-order valence-electron chi connectivity index (χ1n) is 8.98. The van der Waals surface area contributed by atoms with Crippen LogP contribution in [0.4, 0.5) is 0 Å². The number of methoxy groups -OCH3 is 1. The summed E-state index contributed by atoms with van der Waals surface area (Å²) < 4.78 is 5.23. The maximum Gasteiger partial charge on any atom is 0.118 e. The van der Waals surface area contributed by atoms with E-state index in [0.717, 1.165) is 17.9 Å². The molecule has 2 atom stereocenters. The van der Waals surface area contributed by atoms with Crippen LogP contribution in [-0.2, 0) is 0 Å². The number of aliphatic hydroxyl groups excluding tert-OH is 1. The first-order valence-corrected chi connectivity index (χ1v) is 8.98. The van der Waals surface area contributed by atoms with Gasteiger partial charge >= 0.3 is 0 Å². The predicted octanol–water partition coefficient (Wildman–Crippen LogP) is 2.58. The lowest BCUT2D eigenvalue weighted by atomic mass is 9.88. The van der Waals surface area contributed by atoms with Crippen LogP contribution in [0.5, 0.6) is 5.75 Å². The van der Waals surface area contributed by atoms with E-state index in [1.807, 2.05) is 30.3 Å². The van der Waals surface area contributed by atoms with Crippen molar-refractivity contribution in [3.63, 3.8) is 0 Å². The van der Waals surface area contributed by atoms with Gasteiger partial charge in [0, 0.05) is 0 Å². The number of benzene rings is 2. The molecule has 128 valence electrons. The Hall–Kier alpha value is -1.84. The average molecular weight is 326 g/mol. The first kappa shape index (κ1) is 17.0. The first-order chi connectivity index (χ1) is 11.8. The van der Waals surface area contributed by atoms with E-state index >= 15 is 0 Å². The van der Waals surface area contributed by atoms with Crippen LogP contribution < -0.4 is 9.64 Å². The molecular formula is C21H28NO2+. The number of quaternary nitrogens is 1. The molecule has 0 aromatic heterocycles. The number of hydrogen-bond acceptors (Lipinski definition) is 2. The predicted molar refractivity (Wildman–Crippen MR) is 96.6 cm³/mol. The van der Waals surface area contributed by atoms with Crippen LogP contribution in [0.3, 0.4) is 0 Å². The van der Waals surface area contributed by atoms with Gasteiger partial charge in [0.25, 0.3) is 0 Å². The van der Waals surface area contributed by atoms with Crippen LogP contribution in [0, 0.1) is 0 Å². The SMILES string of the molecule is COc1ccc([C@@H](O)[C@H](C[NH+]2CCCCC2)c2ccccc2)cc1. The van der Waals surface area contributed by atoms with Crippen molar-refractivity contribution in [3.05, 3.63) is 65.7 Å². The van der Waals surface area contributed by atoms with E-state index in [1.54, 1.807) is 12.0 Å². The average Bonchev–Trinajstić information content (AvgIpc) is 2.67. The number of rotatable bonds is 6. The van der Waals surface area contributed by atoms with Crippen molar-refractivity contribution in [2.24, 2.45) is 0 Å². The molecule has 1 heterocycles. The molecule has 0 spiro atoms. The number of hydrogen-bond donors (Lipinski definition) is 2. The Kier molecular flexibility index (Phi) is 5.89. The molecule has 0 unspecified atom stereocenters. The van der Waals surface area contributed by atoms with Gasteiger partial charge in [-0.2, -0.15) is 0 Å². The van der Waals surface area contributed by atoms with Gasteiger partial charge in [0.05, 0.1) is 38.8 Å². The molecule has 0 saturated carbocycles. The van der Waals surface area contributed by atoms with E-state index in [0.29, 0.717) is 0 Å². The monoisotopic (exact) mass is 326 g/mol. The molecule has 0 amide bonds. The molecule has 0 radical (unpaired) electrons. The van der Waals surface area contributed by atoms with Crippen molar-refractivity contribution in [1.29, 1.82) is 0 Å². The van der Waals surface area contributed by atoms with Gasteiger partial charge in [0.1, 0.15) is 5.75 Å². The summed E-state index contributed by atoms with van der Waals surface area (Å²) in [6.45, 7) is 3.43. The fraction of sp³-hybridized carbons (Fsp3) is 0.429. The Labute approximate surface area is 144 Å². The van der Waals surface area contributed by atoms with Crippen LogP contribution in [0.25, 0.3) is 0 Å². The van der Waals surface area contributed by atoms with E-state index < -0.39 is 6.10 Å². The zero-order valence-corrected chi connectivity index (χ0v) is 14.4. The van der Waals surface area contributed by atoms with E-state index in [4.69, 9.17) is 4.74 Å². The lowest BCUT2D eigenvalue weighted by Gasteiger charge is -2.30. The van der Waals surface area contributed by atoms with Crippen LogP contribution in [0.1, 0.15) is 42.4 Å². The third kappa shape index (κ3) is 4.16. The minimum absolute atomic E-state index is 0.118. The zero-order valence-electron chi connectivity index (χ0n) is 14.4. The summed E-state index contributed by atoms with van der Waals surface area (Å²) in [5, 5.41) is 11.1. The van der Waals surface area contributed by atoms with Gasteiger partial charge in [-0.3, -0.25) is 0 Å². The lowest BCUT2D eigenvalue weighted by Crippen LogP contribution is -3.13. The summed E-state index contributed by atoms with van der Waals surface area (Å²) >= 11 is 0. The normalized spacial score (nSPS) is 18.1. The summed E-state index contributed by atoms with van der Waals surface area (Å²) in [6, 6.07) is 18.2. The molecule has 1 aliphatic heterocycles. The molecule has 0 aliphatic carbocycles. The van der Waals surface area contributed by atoms with Gasteiger partial charge in [-0.25, -0.2) is 0 Å². The molecule has 0 bridgehead atoms. The van der Waals surface area contributed by atoms with Gasteiger partial charge in [-0.05, 0) is 42.5 Å². The third-order valence-corrected chi connectivity index (χ3v) is 5.14. The molecule has 2 aromatic carbocycles. The number of piperidine rings is 1. The smallest absolute Gasteiger partial charge is 0.118 e. The summed E-state index contributed by atoms with van der Waals surface area (Å²) in [6.07, 6.45) is 3.46. The molecular weight excluding hydrogens is 298 g/mol. The Morgan fingerprint density at radius 1 is 0.917 bits per heavy atom. The molecule has 24 heavy (non-hydrogen) atoms. The topological polar surface area (TPSA) is 33.9 Å². The van der Waals surface area contributed by atoms with E-state index in [1.165, 1.54) is 37.9 Å². The van der Waals surface area contributed by atoms with Crippen molar-refractivity contribution >= 4 is 0 Å². The van der Waals surface area contributed by atoms with Crippen molar-refractivity contribution in [1.82, 2.24) is 0 Å². The highest BCUT2D eigenvalue weighted by atomic mass is 16.5. The van der Waals surface area contributed by atoms with E-state index in [-0.39, 0.29) is 5.92 Å². The fourth-order valence-electron chi connectivity index (χ4n) is 3.71. The van der Waals surface area contributed by atoms with Gasteiger partial charge in [-0.1, -0.05) is 42.5 Å². The second kappa shape index (κ2) is 8.32. The second-order valence-corrected chi connectivity index (χ2v) is 6.75. The molecule has 1 aliphatic rings. The van der Waals surface area contributed by atoms with Crippen LogP contribution in [0.15, 0.2) is 54.6 Å². The Morgan fingerprint density at radius 2 is 1.58 bits per heavy atom. The molecule has 2 N–H and O–H groups in total. The molecule has 1 fully saturated rings. The maximum absolute atomic E-state index is 11.1. The van der Waals surface area contributed by atoms with Gasteiger partial charge in [0.2, 0.25) is 0 Å². The van der Waals surface area contributed by atoms with Crippen LogP contribution >= 0.6 is 0 Å².